The number of rotatable bonds is 3. The first-order valence-electron chi connectivity index (χ1n) is 6.35. The van der Waals surface area contributed by atoms with E-state index in [1.54, 1.807) is 0 Å². The monoisotopic (exact) mass is 226 g/mol. The lowest BCUT2D eigenvalue weighted by atomic mass is 9.76. The number of amides is 1. The molecule has 0 bridgehead atoms. The minimum atomic E-state index is -0.325. The maximum atomic E-state index is 12.1. The second-order valence-electron chi connectivity index (χ2n) is 5.34. The predicted molar refractivity (Wildman–Crippen MR) is 61.7 cm³/mol. The number of aliphatic hydroxyl groups is 1. The standard InChI is InChI=1S/C12H22N2O2/c13-10-5-2-1-4-9(10)11(16)14-12(8-15)6-3-7-12/h9-10,15H,1-8,13H2,(H,14,16). The van der Waals surface area contributed by atoms with Crippen LogP contribution in [0.3, 0.4) is 0 Å². The Bertz CT molecular complexity index is 258. The molecule has 2 saturated carbocycles. The quantitative estimate of drug-likeness (QED) is 0.657. The zero-order valence-corrected chi connectivity index (χ0v) is 9.74. The third-order valence-corrected chi connectivity index (χ3v) is 4.16. The molecule has 4 N–H and O–H groups in total. The summed E-state index contributed by atoms with van der Waals surface area (Å²) in [6.07, 6.45) is 6.97. The fourth-order valence-electron chi connectivity index (χ4n) is 2.77. The molecule has 0 aromatic rings. The summed E-state index contributed by atoms with van der Waals surface area (Å²) in [6.45, 7) is 0.0562. The van der Waals surface area contributed by atoms with E-state index >= 15 is 0 Å². The summed E-state index contributed by atoms with van der Waals surface area (Å²) in [7, 11) is 0. The molecule has 2 rings (SSSR count). The van der Waals surface area contributed by atoms with Crippen molar-refractivity contribution in [2.45, 2.75) is 56.5 Å². The normalized spacial score (nSPS) is 32.9. The van der Waals surface area contributed by atoms with E-state index in [0.717, 1.165) is 44.9 Å². The first kappa shape index (κ1) is 11.9. The van der Waals surface area contributed by atoms with Crippen LogP contribution in [0.2, 0.25) is 0 Å². The van der Waals surface area contributed by atoms with Crippen LogP contribution in [0.15, 0.2) is 0 Å². The van der Waals surface area contributed by atoms with Crippen LogP contribution in [0.5, 0.6) is 0 Å². The molecule has 0 aromatic heterocycles. The Morgan fingerprint density at radius 3 is 2.50 bits per heavy atom. The summed E-state index contributed by atoms with van der Waals surface area (Å²) >= 11 is 0. The van der Waals surface area contributed by atoms with Crippen LogP contribution in [0.1, 0.15) is 44.9 Å². The van der Waals surface area contributed by atoms with Gasteiger partial charge in [-0.25, -0.2) is 0 Å². The van der Waals surface area contributed by atoms with Crippen molar-refractivity contribution in [2.75, 3.05) is 6.61 Å². The van der Waals surface area contributed by atoms with Gasteiger partial charge in [0.05, 0.1) is 18.1 Å². The maximum absolute atomic E-state index is 12.1. The third-order valence-electron chi connectivity index (χ3n) is 4.16. The highest BCUT2D eigenvalue weighted by atomic mass is 16.3. The number of aliphatic hydroxyl groups excluding tert-OH is 1. The zero-order valence-electron chi connectivity index (χ0n) is 9.74. The van der Waals surface area contributed by atoms with E-state index in [9.17, 15) is 9.90 Å². The number of nitrogens with two attached hydrogens (primary N) is 1. The van der Waals surface area contributed by atoms with E-state index in [-0.39, 0.29) is 30.0 Å². The fourth-order valence-corrected chi connectivity index (χ4v) is 2.77. The minimum absolute atomic E-state index is 0.00423. The number of hydrogen-bond acceptors (Lipinski definition) is 3. The third kappa shape index (κ3) is 2.23. The average molecular weight is 226 g/mol. The molecule has 0 heterocycles. The number of hydrogen-bond donors (Lipinski definition) is 3. The predicted octanol–water partition coefficient (Wildman–Crippen LogP) is 0.535. The van der Waals surface area contributed by atoms with Crippen LogP contribution in [0, 0.1) is 5.92 Å². The summed E-state index contributed by atoms with van der Waals surface area (Å²) in [6, 6.07) is 0.00423. The molecule has 2 fully saturated rings. The van der Waals surface area contributed by atoms with E-state index in [1.165, 1.54) is 0 Å². The van der Waals surface area contributed by atoms with E-state index in [0.29, 0.717) is 0 Å². The Labute approximate surface area is 96.6 Å². The van der Waals surface area contributed by atoms with Crippen LogP contribution >= 0.6 is 0 Å². The molecule has 2 aliphatic carbocycles. The molecule has 0 aliphatic heterocycles. The SMILES string of the molecule is NC1CCCCC1C(=O)NC1(CO)CCC1. The molecule has 16 heavy (non-hydrogen) atoms. The summed E-state index contributed by atoms with van der Waals surface area (Å²) in [5.41, 5.74) is 5.65. The van der Waals surface area contributed by atoms with Gasteiger partial charge < -0.3 is 16.2 Å². The van der Waals surface area contributed by atoms with E-state index in [1.807, 2.05) is 0 Å². The molecular formula is C12H22N2O2. The molecule has 0 aromatic carbocycles. The Balaban J connectivity index is 1.91. The van der Waals surface area contributed by atoms with Crippen LogP contribution < -0.4 is 11.1 Å². The van der Waals surface area contributed by atoms with Gasteiger partial charge in [-0.1, -0.05) is 12.8 Å². The van der Waals surface area contributed by atoms with Crippen molar-refractivity contribution in [1.29, 1.82) is 0 Å². The second kappa shape index (κ2) is 4.72. The van der Waals surface area contributed by atoms with Crippen molar-refractivity contribution in [3.05, 3.63) is 0 Å². The second-order valence-corrected chi connectivity index (χ2v) is 5.34. The van der Waals surface area contributed by atoms with Crippen molar-refractivity contribution in [1.82, 2.24) is 5.32 Å². The first-order valence-corrected chi connectivity index (χ1v) is 6.35. The van der Waals surface area contributed by atoms with Gasteiger partial charge in [-0.05, 0) is 32.1 Å². The smallest absolute Gasteiger partial charge is 0.225 e. The zero-order chi connectivity index (χ0) is 11.6. The first-order chi connectivity index (χ1) is 7.67. The fraction of sp³-hybridized carbons (Fsp3) is 0.917. The molecule has 0 radical (unpaired) electrons. The van der Waals surface area contributed by atoms with Gasteiger partial charge >= 0.3 is 0 Å². The molecule has 2 unspecified atom stereocenters. The van der Waals surface area contributed by atoms with Crippen molar-refractivity contribution < 1.29 is 9.90 Å². The van der Waals surface area contributed by atoms with Gasteiger partial charge in [0.25, 0.3) is 0 Å². The number of nitrogens with one attached hydrogen (secondary N) is 1. The molecule has 2 aliphatic rings. The topological polar surface area (TPSA) is 75.4 Å². The van der Waals surface area contributed by atoms with Crippen molar-refractivity contribution in [2.24, 2.45) is 11.7 Å². The average Bonchev–Trinajstić information content (AvgIpc) is 2.24. The molecule has 92 valence electrons. The van der Waals surface area contributed by atoms with Crippen LogP contribution in [-0.2, 0) is 4.79 Å². The van der Waals surface area contributed by atoms with E-state index in [2.05, 4.69) is 5.32 Å². The maximum Gasteiger partial charge on any atom is 0.225 e. The Kier molecular flexibility index (Phi) is 3.50. The highest BCUT2D eigenvalue weighted by molar-refractivity contribution is 5.80. The number of carbonyl (C=O) groups is 1. The minimum Gasteiger partial charge on any atom is -0.394 e. The van der Waals surface area contributed by atoms with Crippen LogP contribution in [0.4, 0.5) is 0 Å². The Morgan fingerprint density at radius 1 is 1.31 bits per heavy atom. The molecule has 4 nitrogen and oxygen atoms in total. The highest BCUT2D eigenvalue weighted by Gasteiger charge is 2.40. The largest absolute Gasteiger partial charge is 0.394 e. The summed E-state index contributed by atoms with van der Waals surface area (Å²) in [5.74, 6) is 0.0127. The van der Waals surface area contributed by atoms with Crippen LogP contribution in [-0.4, -0.2) is 29.2 Å². The van der Waals surface area contributed by atoms with Crippen molar-refractivity contribution >= 4 is 5.91 Å². The van der Waals surface area contributed by atoms with Gasteiger partial charge in [0.1, 0.15) is 0 Å². The van der Waals surface area contributed by atoms with Gasteiger partial charge in [-0.3, -0.25) is 4.79 Å². The molecule has 4 heteroatoms. The number of carbonyl (C=O) groups excluding carboxylic acids is 1. The molecule has 0 spiro atoms. The molecule has 1 amide bonds. The lowest BCUT2D eigenvalue weighted by Crippen LogP contribution is -2.59. The summed E-state index contributed by atoms with van der Waals surface area (Å²) < 4.78 is 0. The van der Waals surface area contributed by atoms with Gasteiger partial charge in [0, 0.05) is 6.04 Å². The molecular weight excluding hydrogens is 204 g/mol. The summed E-state index contributed by atoms with van der Waals surface area (Å²) in [5, 5.41) is 12.3. The van der Waals surface area contributed by atoms with Gasteiger partial charge in [0.15, 0.2) is 0 Å². The lowest BCUT2D eigenvalue weighted by Gasteiger charge is -2.42. The van der Waals surface area contributed by atoms with Crippen molar-refractivity contribution in [3.63, 3.8) is 0 Å². The highest BCUT2D eigenvalue weighted by Crippen LogP contribution is 2.32. The van der Waals surface area contributed by atoms with E-state index < -0.39 is 0 Å². The Hall–Kier alpha value is -0.610. The van der Waals surface area contributed by atoms with Crippen LogP contribution in [0.25, 0.3) is 0 Å². The van der Waals surface area contributed by atoms with Gasteiger partial charge in [-0.2, -0.15) is 0 Å². The van der Waals surface area contributed by atoms with E-state index in [4.69, 9.17) is 5.73 Å². The van der Waals surface area contributed by atoms with Gasteiger partial charge in [-0.15, -0.1) is 0 Å². The molecule has 2 atom stereocenters. The Morgan fingerprint density at radius 2 is 2.00 bits per heavy atom. The molecule has 0 saturated heterocycles. The summed E-state index contributed by atoms with van der Waals surface area (Å²) in [4.78, 5) is 12.1. The lowest BCUT2D eigenvalue weighted by molar-refractivity contribution is -0.130. The van der Waals surface area contributed by atoms with Crippen molar-refractivity contribution in [3.8, 4) is 0 Å². The van der Waals surface area contributed by atoms with Gasteiger partial charge in [0.2, 0.25) is 5.91 Å².